The van der Waals surface area contributed by atoms with Crippen molar-refractivity contribution in [3.63, 3.8) is 0 Å². The average Bonchev–Trinajstić information content (AvgIpc) is 0.785. The molecule has 0 aromatic heterocycles. The minimum absolute atomic E-state index is 0.247. The summed E-state index contributed by atoms with van der Waals surface area (Å²) in [6.07, 6.45) is 48.4. The summed E-state index contributed by atoms with van der Waals surface area (Å²) in [5.74, 6) is -0.271. The fourth-order valence-corrected chi connectivity index (χ4v) is 13.4. The maximum absolute atomic E-state index is 13.4. The number of hydrogen-bond acceptors (Lipinski definition) is 18. The van der Waals surface area contributed by atoms with Crippen LogP contribution in [0.15, 0.2) is 48.6 Å². The lowest BCUT2D eigenvalue weighted by Gasteiger charge is -2.48. The van der Waals surface area contributed by atoms with Gasteiger partial charge < -0.3 is 89.9 Å². The molecule has 3 aliphatic heterocycles. The number of carbonyl (C=O) groups is 1. The summed E-state index contributed by atoms with van der Waals surface area (Å²) in [6.45, 7) is 1.74. The number of aliphatic hydroxyl groups is 11. The van der Waals surface area contributed by atoms with Crippen LogP contribution < -0.4 is 5.32 Å². The van der Waals surface area contributed by atoms with Crippen molar-refractivity contribution in [1.82, 2.24) is 5.32 Å². The maximum Gasteiger partial charge on any atom is 0.220 e. The summed E-state index contributed by atoms with van der Waals surface area (Å²) >= 11 is 0. The third-order valence-electron chi connectivity index (χ3n) is 19.9. The second kappa shape index (κ2) is 60.1. The molecule has 0 saturated carbocycles. The molecule has 3 rings (SSSR count). The minimum Gasteiger partial charge on any atom is -0.394 e. The highest BCUT2D eigenvalue weighted by Gasteiger charge is 2.54. The van der Waals surface area contributed by atoms with E-state index in [0.29, 0.717) is 6.42 Å². The molecule has 98 heavy (non-hydrogen) atoms. The number of ether oxygens (including phenoxy) is 6. The van der Waals surface area contributed by atoms with Crippen LogP contribution >= 0.6 is 0 Å². The number of hydrogen-bond donors (Lipinski definition) is 12. The van der Waals surface area contributed by atoms with Gasteiger partial charge in [0.15, 0.2) is 18.9 Å². The second-order valence-corrected chi connectivity index (χ2v) is 28.5. The van der Waals surface area contributed by atoms with Crippen molar-refractivity contribution in [2.45, 2.75) is 420 Å². The van der Waals surface area contributed by atoms with Gasteiger partial charge in [-0.2, -0.15) is 0 Å². The quantitative estimate of drug-likeness (QED) is 0.0199. The first-order valence-electron chi connectivity index (χ1n) is 39.9. The Bertz CT molecular complexity index is 1960. The van der Waals surface area contributed by atoms with Crippen LogP contribution in [0.25, 0.3) is 0 Å². The lowest BCUT2D eigenvalue weighted by molar-refractivity contribution is -0.379. The molecule has 3 fully saturated rings. The fraction of sp³-hybridized carbons (Fsp3) is 0.886. The summed E-state index contributed by atoms with van der Waals surface area (Å²) < 4.78 is 34.4. The monoisotopic (exact) mass is 1400 g/mol. The van der Waals surface area contributed by atoms with Crippen LogP contribution in [0.3, 0.4) is 0 Å². The zero-order valence-corrected chi connectivity index (χ0v) is 61.3. The molecule has 19 nitrogen and oxygen atoms in total. The number of allylic oxidation sites excluding steroid dienone is 7. The van der Waals surface area contributed by atoms with E-state index in [1.54, 1.807) is 6.08 Å². The molecule has 0 spiro atoms. The zero-order valence-electron chi connectivity index (χ0n) is 61.3. The third-order valence-corrected chi connectivity index (χ3v) is 19.9. The molecule has 574 valence electrons. The second-order valence-electron chi connectivity index (χ2n) is 28.5. The molecule has 0 bridgehead atoms. The Morgan fingerprint density at radius 2 is 0.673 bits per heavy atom. The van der Waals surface area contributed by atoms with Crippen molar-refractivity contribution >= 4 is 5.91 Å². The van der Waals surface area contributed by atoms with E-state index in [-0.39, 0.29) is 18.9 Å². The van der Waals surface area contributed by atoms with E-state index in [4.69, 9.17) is 28.4 Å². The van der Waals surface area contributed by atoms with Crippen LogP contribution in [0, 0.1) is 0 Å². The van der Waals surface area contributed by atoms with Crippen molar-refractivity contribution in [2.24, 2.45) is 0 Å². The summed E-state index contributed by atoms with van der Waals surface area (Å²) in [5.41, 5.74) is 0. The van der Waals surface area contributed by atoms with Gasteiger partial charge in [0, 0.05) is 6.42 Å². The van der Waals surface area contributed by atoms with E-state index in [1.165, 1.54) is 231 Å². The van der Waals surface area contributed by atoms with Gasteiger partial charge in [0.05, 0.1) is 38.6 Å². The Hall–Kier alpha value is -2.25. The summed E-state index contributed by atoms with van der Waals surface area (Å²) in [7, 11) is 0. The molecule has 3 heterocycles. The van der Waals surface area contributed by atoms with Gasteiger partial charge in [0.1, 0.15) is 73.2 Å². The highest BCUT2D eigenvalue weighted by Crippen LogP contribution is 2.33. The summed E-state index contributed by atoms with van der Waals surface area (Å²) in [4.78, 5) is 13.4. The van der Waals surface area contributed by atoms with Gasteiger partial charge in [-0.15, -0.1) is 0 Å². The normalized spacial score (nSPS) is 27.0. The smallest absolute Gasteiger partial charge is 0.220 e. The molecule has 0 aromatic carbocycles. The Kier molecular flexibility index (Phi) is 55.1. The number of aliphatic hydroxyl groups excluding tert-OH is 11. The van der Waals surface area contributed by atoms with E-state index in [0.717, 1.165) is 57.8 Å². The number of amides is 1. The molecule has 0 radical (unpaired) electrons. The number of unbranched alkanes of at least 4 members (excludes halogenated alkanes) is 41. The standard InChI is InChI=1S/C79H145NO18/c1-3-5-7-9-11-13-15-17-19-20-21-22-23-24-25-26-27-28-29-30-31-32-33-34-35-36-37-38-39-40-41-42-43-45-47-49-51-53-55-57-67(85)80-62(63(84)56-54-52-50-48-46-44-18-16-14-12-10-8-6-4-2)61-93-77-73(91)70(88)75(65(59-82)95-77)98-79-74(92)71(89)76(66(60-83)96-79)97-78-72(90)69(87)68(86)64(58-81)94-78/h15,17,20-21,23-24,54,56,62-66,68-79,81-84,86-92H,3-14,16,18-19,22,25-53,55,57-61H2,1-2H3,(H,80,85)/b17-15-,21-20-,24-23-,56-54+. The highest BCUT2D eigenvalue weighted by molar-refractivity contribution is 5.76. The molecule has 1 amide bonds. The molecule has 0 aliphatic carbocycles. The summed E-state index contributed by atoms with van der Waals surface area (Å²) in [5, 5.41) is 121. The van der Waals surface area contributed by atoms with Crippen molar-refractivity contribution < 1.29 is 89.4 Å². The van der Waals surface area contributed by atoms with E-state index in [2.05, 4.69) is 55.6 Å². The van der Waals surface area contributed by atoms with E-state index < -0.39 is 124 Å². The zero-order chi connectivity index (χ0) is 71.1. The van der Waals surface area contributed by atoms with Crippen LogP contribution in [0.1, 0.15) is 316 Å². The van der Waals surface area contributed by atoms with Crippen molar-refractivity contribution in [2.75, 3.05) is 26.4 Å². The van der Waals surface area contributed by atoms with E-state index in [9.17, 15) is 61.0 Å². The molecule has 17 atom stereocenters. The molecule has 3 saturated heterocycles. The number of rotatable bonds is 63. The molecule has 17 unspecified atom stereocenters. The van der Waals surface area contributed by atoms with Crippen molar-refractivity contribution in [1.29, 1.82) is 0 Å². The first kappa shape index (κ1) is 90.0. The summed E-state index contributed by atoms with van der Waals surface area (Å²) in [6, 6.07) is -0.971. The lowest BCUT2D eigenvalue weighted by Crippen LogP contribution is -2.66. The van der Waals surface area contributed by atoms with Crippen LogP contribution in [-0.2, 0) is 33.2 Å². The first-order valence-corrected chi connectivity index (χ1v) is 39.9. The Morgan fingerprint density at radius 3 is 1.05 bits per heavy atom. The third kappa shape index (κ3) is 40.1. The Morgan fingerprint density at radius 1 is 0.367 bits per heavy atom. The van der Waals surface area contributed by atoms with Crippen molar-refractivity contribution in [3.8, 4) is 0 Å². The topological polar surface area (TPSA) is 307 Å². The van der Waals surface area contributed by atoms with Gasteiger partial charge in [-0.3, -0.25) is 4.79 Å². The van der Waals surface area contributed by atoms with Crippen LogP contribution in [-0.4, -0.2) is 193 Å². The number of nitrogens with one attached hydrogen (secondary N) is 1. The average molecular weight is 1400 g/mol. The van der Waals surface area contributed by atoms with E-state index in [1.807, 2.05) is 6.08 Å². The predicted molar refractivity (Wildman–Crippen MR) is 388 cm³/mol. The fourth-order valence-electron chi connectivity index (χ4n) is 13.4. The maximum atomic E-state index is 13.4. The molecular formula is C79H145NO18. The first-order chi connectivity index (χ1) is 47.8. The largest absolute Gasteiger partial charge is 0.394 e. The predicted octanol–water partition coefficient (Wildman–Crippen LogP) is 12.9. The lowest BCUT2D eigenvalue weighted by atomic mass is 9.96. The van der Waals surface area contributed by atoms with Gasteiger partial charge in [-0.25, -0.2) is 0 Å². The SMILES string of the molecule is CCCCCCC/C=C\C/C=C\C/C=C\CCCCCCCCCCCCCCCCCCCCCCCCCCC(=O)NC(COC1OC(CO)C(OC2OC(CO)C(OC3OC(CO)C(O)C(O)C3O)C(O)C2O)C(O)C1O)C(O)/C=C/CCCCCCCCCCCCCC. The van der Waals surface area contributed by atoms with Crippen LogP contribution in [0.2, 0.25) is 0 Å². The Balaban J connectivity index is 1.29. The highest BCUT2D eigenvalue weighted by atomic mass is 16.8. The number of carbonyl (C=O) groups excluding carboxylic acids is 1. The molecule has 0 aromatic rings. The van der Waals surface area contributed by atoms with Crippen LogP contribution in [0.4, 0.5) is 0 Å². The minimum atomic E-state index is -1.98. The molecule has 12 N–H and O–H groups in total. The van der Waals surface area contributed by atoms with Crippen molar-refractivity contribution in [3.05, 3.63) is 48.6 Å². The van der Waals surface area contributed by atoms with Gasteiger partial charge in [-0.05, 0) is 57.8 Å². The van der Waals surface area contributed by atoms with Gasteiger partial charge in [-0.1, -0.05) is 300 Å². The molecular weight excluding hydrogens is 1250 g/mol. The van der Waals surface area contributed by atoms with Gasteiger partial charge in [0.25, 0.3) is 0 Å². The van der Waals surface area contributed by atoms with Gasteiger partial charge >= 0.3 is 0 Å². The molecule has 19 heteroatoms. The Labute approximate surface area is 593 Å². The van der Waals surface area contributed by atoms with E-state index >= 15 is 0 Å². The van der Waals surface area contributed by atoms with Gasteiger partial charge in [0.2, 0.25) is 5.91 Å². The van der Waals surface area contributed by atoms with Crippen LogP contribution in [0.5, 0.6) is 0 Å². The molecule has 3 aliphatic rings.